The fourth-order valence-electron chi connectivity index (χ4n) is 3.22. The Hall–Kier alpha value is -2.99. The Kier molecular flexibility index (Phi) is 7.46. The molecule has 1 fully saturated rings. The number of carbonyl (C=O) groups is 3. The second kappa shape index (κ2) is 10.1. The number of morpholine rings is 1. The predicted molar refractivity (Wildman–Crippen MR) is 120 cm³/mol. The molecule has 12 heteroatoms. The molecule has 0 saturated carbocycles. The number of aromatic nitrogens is 2. The maximum absolute atomic E-state index is 12.8. The highest BCUT2D eigenvalue weighted by atomic mass is 35.5. The number of nitrogens with zero attached hydrogens (tertiary/aromatic N) is 2. The van der Waals surface area contributed by atoms with Crippen LogP contribution in [-0.4, -0.2) is 59.2 Å². The van der Waals surface area contributed by atoms with Gasteiger partial charge in [0, 0.05) is 18.7 Å². The van der Waals surface area contributed by atoms with Crippen LogP contribution < -0.4 is 10.6 Å². The number of anilines is 1. The van der Waals surface area contributed by atoms with E-state index < -0.39 is 18.0 Å². The monoisotopic (exact) mass is 480 g/mol. The lowest BCUT2D eigenvalue weighted by Gasteiger charge is -2.24. The third-order valence-electron chi connectivity index (χ3n) is 4.72. The summed E-state index contributed by atoms with van der Waals surface area (Å²) in [4.78, 5) is 36.6. The first-order valence-corrected chi connectivity index (χ1v) is 10.5. The van der Waals surface area contributed by atoms with Gasteiger partial charge < -0.3 is 25.2 Å². The minimum absolute atomic E-state index is 0. The summed E-state index contributed by atoms with van der Waals surface area (Å²) in [6, 6.07) is 8.38. The molecule has 0 radical (unpaired) electrons. The average molecular weight is 481 g/mol. The summed E-state index contributed by atoms with van der Waals surface area (Å²) in [6.07, 6.45) is -0.816. The van der Waals surface area contributed by atoms with E-state index in [2.05, 4.69) is 15.7 Å². The Balaban J connectivity index is 0.00000289. The number of aromatic carboxylic acids is 1. The highest BCUT2D eigenvalue weighted by Gasteiger charge is 2.23. The molecule has 2 aromatic heterocycles. The Labute approximate surface area is 192 Å². The van der Waals surface area contributed by atoms with Gasteiger partial charge >= 0.3 is 12.1 Å². The number of halogens is 1. The molecule has 1 amide bonds. The Morgan fingerprint density at radius 1 is 1.34 bits per heavy atom. The third-order valence-corrected chi connectivity index (χ3v) is 5.81. The number of fused-ring (bicyclic) bond motifs is 1. The summed E-state index contributed by atoms with van der Waals surface area (Å²) in [7, 11) is 0. The summed E-state index contributed by atoms with van der Waals surface area (Å²) in [5.41, 5.74) is 1.35. The number of ether oxygens (including phenoxy) is 2. The number of carbonyl (C=O) groups excluding carboxylic acids is 2. The van der Waals surface area contributed by atoms with Crippen LogP contribution in [0.15, 0.2) is 30.3 Å². The Morgan fingerprint density at radius 3 is 2.72 bits per heavy atom. The quantitative estimate of drug-likeness (QED) is 0.507. The van der Waals surface area contributed by atoms with Crippen molar-refractivity contribution in [3.8, 4) is 0 Å². The molecule has 0 spiro atoms. The highest BCUT2D eigenvalue weighted by Crippen LogP contribution is 2.32. The molecule has 10 nitrogen and oxygen atoms in total. The summed E-state index contributed by atoms with van der Waals surface area (Å²) in [5.74, 6) is -1.49. The first-order chi connectivity index (χ1) is 15.0. The van der Waals surface area contributed by atoms with E-state index >= 15 is 0 Å². The normalized spacial score (nSPS) is 15.7. The molecule has 3 heterocycles. The fraction of sp³-hybridized carbons (Fsp3) is 0.300. The second-order valence-corrected chi connectivity index (χ2v) is 7.76. The third kappa shape index (κ3) is 4.75. The number of amides is 1. The first-order valence-electron chi connectivity index (χ1n) is 9.64. The van der Waals surface area contributed by atoms with Crippen molar-refractivity contribution in [2.45, 2.75) is 13.0 Å². The highest BCUT2D eigenvalue weighted by molar-refractivity contribution is 7.20. The molecule has 32 heavy (non-hydrogen) atoms. The maximum Gasteiger partial charge on any atom is 0.436 e. The number of nitrogens with one attached hydrogen (secondary N) is 2. The first kappa shape index (κ1) is 23.7. The van der Waals surface area contributed by atoms with E-state index in [9.17, 15) is 19.5 Å². The van der Waals surface area contributed by atoms with Crippen LogP contribution in [-0.2, 0) is 9.47 Å². The van der Waals surface area contributed by atoms with Crippen molar-refractivity contribution in [2.24, 2.45) is 0 Å². The summed E-state index contributed by atoms with van der Waals surface area (Å²) in [5, 5.41) is 19.7. The molecule has 1 unspecified atom stereocenters. The van der Waals surface area contributed by atoms with E-state index in [-0.39, 0.29) is 40.6 Å². The summed E-state index contributed by atoms with van der Waals surface area (Å²) in [6.45, 7) is 3.93. The minimum Gasteiger partial charge on any atom is -0.477 e. The molecular formula is C20H21ClN4O6S. The molecular weight excluding hydrogens is 460 g/mol. The van der Waals surface area contributed by atoms with Crippen LogP contribution in [0.5, 0.6) is 0 Å². The minimum atomic E-state index is -1.14. The van der Waals surface area contributed by atoms with Gasteiger partial charge in [0.15, 0.2) is 5.82 Å². The zero-order valence-electron chi connectivity index (χ0n) is 17.0. The van der Waals surface area contributed by atoms with Crippen LogP contribution in [0.25, 0.3) is 10.2 Å². The summed E-state index contributed by atoms with van der Waals surface area (Å²) < 4.78 is 11.6. The van der Waals surface area contributed by atoms with Crippen LogP contribution in [0.1, 0.15) is 38.6 Å². The molecule has 1 atom stereocenters. The smallest absolute Gasteiger partial charge is 0.436 e. The average Bonchev–Trinajstić information content (AvgIpc) is 3.35. The number of rotatable bonds is 5. The van der Waals surface area contributed by atoms with Gasteiger partial charge in [0.05, 0.1) is 24.7 Å². The van der Waals surface area contributed by atoms with E-state index in [1.54, 1.807) is 19.1 Å². The van der Waals surface area contributed by atoms with Crippen molar-refractivity contribution < 1.29 is 29.0 Å². The van der Waals surface area contributed by atoms with Gasteiger partial charge in [-0.2, -0.15) is 4.68 Å². The van der Waals surface area contributed by atoms with Gasteiger partial charge in [-0.3, -0.25) is 4.79 Å². The van der Waals surface area contributed by atoms with E-state index in [4.69, 9.17) is 9.47 Å². The number of hydrogen-bond donors (Lipinski definition) is 3. The van der Waals surface area contributed by atoms with Crippen LogP contribution in [0.2, 0.25) is 0 Å². The topological polar surface area (TPSA) is 132 Å². The van der Waals surface area contributed by atoms with E-state index in [1.807, 2.05) is 12.1 Å². The number of thiophene rings is 1. The zero-order valence-corrected chi connectivity index (χ0v) is 18.6. The predicted octanol–water partition coefficient (Wildman–Crippen LogP) is 3.14. The summed E-state index contributed by atoms with van der Waals surface area (Å²) >= 11 is 0.877. The van der Waals surface area contributed by atoms with Crippen molar-refractivity contribution in [1.82, 2.24) is 15.1 Å². The molecule has 3 N–H and O–H groups in total. The van der Waals surface area contributed by atoms with Gasteiger partial charge in [-0.25, -0.2) is 9.59 Å². The fourth-order valence-corrected chi connectivity index (χ4v) is 4.16. The molecule has 1 saturated heterocycles. The van der Waals surface area contributed by atoms with E-state index in [0.29, 0.717) is 24.1 Å². The van der Waals surface area contributed by atoms with Crippen molar-refractivity contribution >= 4 is 57.7 Å². The lowest BCUT2D eigenvalue weighted by Crippen LogP contribution is -2.33. The van der Waals surface area contributed by atoms with Crippen LogP contribution >= 0.6 is 23.7 Å². The van der Waals surface area contributed by atoms with E-state index in [1.165, 1.54) is 6.07 Å². The van der Waals surface area contributed by atoms with Gasteiger partial charge in [0.2, 0.25) is 0 Å². The molecule has 1 aliphatic heterocycles. The maximum atomic E-state index is 12.8. The number of carboxylic acids is 1. The van der Waals surface area contributed by atoms with Crippen LogP contribution in [0.4, 0.5) is 10.6 Å². The molecule has 4 rings (SSSR count). The van der Waals surface area contributed by atoms with Gasteiger partial charge in [-0.15, -0.1) is 28.8 Å². The molecule has 170 valence electrons. The van der Waals surface area contributed by atoms with Crippen LogP contribution in [0, 0.1) is 0 Å². The second-order valence-electron chi connectivity index (χ2n) is 6.73. The number of hydrogen-bond acceptors (Lipinski definition) is 8. The van der Waals surface area contributed by atoms with E-state index in [0.717, 1.165) is 28.1 Å². The number of carboxylic acid groups (broad SMARTS) is 1. The number of benzene rings is 1. The van der Waals surface area contributed by atoms with Crippen molar-refractivity contribution in [1.29, 1.82) is 0 Å². The largest absolute Gasteiger partial charge is 0.477 e. The van der Waals surface area contributed by atoms with Gasteiger partial charge in [0.25, 0.3) is 5.91 Å². The zero-order chi connectivity index (χ0) is 22.0. The molecule has 3 aromatic rings. The van der Waals surface area contributed by atoms with Gasteiger partial charge in [-0.05, 0) is 30.7 Å². The molecule has 1 aromatic carbocycles. The Morgan fingerprint density at radius 2 is 2.09 bits per heavy atom. The van der Waals surface area contributed by atoms with Gasteiger partial charge in [-0.1, -0.05) is 12.1 Å². The molecule has 0 aliphatic carbocycles. The standard InChI is InChI=1S/C20H20N4O6S.ClH/c1-2-29-20(28)24-18-13(9-15(31-18)19(26)27)16(23-24)22-17(25)12-5-3-11(4-6-12)14-10-21-7-8-30-14;/h3-6,9,14,21H,2,7-8,10H2,1H3,(H,26,27)(H,22,23,25);1H. The Bertz CT molecular complexity index is 1140. The van der Waals surface area contributed by atoms with Gasteiger partial charge in [0.1, 0.15) is 9.71 Å². The molecule has 1 aliphatic rings. The lowest BCUT2D eigenvalue weighted by molar-refractivity contribution is 0.0277. The van der Waals surface area contributed by atoms with Crippen LogP contribution in [0.3, 0.4) is 0 Å². The SMILES string of the molecule is CCOC(=O)n1nc(NC(=O)c2ccc(C3CNCCO3)cc2)c2cc(C(=O)O)sc21.Cl. The van der Waals surface area contributed by atoms with Crippen molar-refractivity contribution in [3.05, 3.63) is 46.3 Å². The lowest BCUT2D eigenvalue weighted by atomic mass is 10.1. The van der Waals surface area contributed by atoms with Crippen molar-refractivity contribution in [3.63, 3.8) is 0 Å². The van der Waals surface area contributed by atoms with Crippen molar-refractivity contribution in [2.75, 3.05) is 31.6 Å². The molecule has 0 bridgehead atoms.